The van der Waals surface area contributed by atoms with Crippen LogP contribution in [0.2, 0.25) is 0 Å². The summed E-state index contributed by atoms with van der Waals surface area (Å²) in [6.07, 6.45) is 0.464. The molecule has 3 aromatic rings. The second kappa shape index (κ2) is 11.3. The van der Waals surface area contributed by atoms with Crippen LogP contribution in [0.1, 0.15) is 44.0 Å². The van der Waals surface area contributed by atoms with E-state index in [1.165, 1.54) is 12.1 Å². The topological polar surface area (TPSA) is 85.5 Å². The van der Waals surface area contributed by atoms with Crippen molar-refractivity contribution < 1.29 is 54.1 Å². The van der Waals surface area contributed by atoms with Gasteiger partial charge in [0.05, 0.1) is 12.2 Å². The Hall–Kier alpha value is -1.96. The van der Waals surface area contributed by atoms with Gasteiger partial charge in [-0.15, -0.1) is 0 Å². The molecule has 2 aromatic carbocycles. The molecule has 0 aliphatic heterocycles. The van der Waals surface area contributed by atoms with Crippen molar-refractivity contribution >= 4 is 22.9 Å². The van der Waals surface area contributed by atoms with Crippen LogP contribution in [0.25, 0.3) is 28.1 Å². The molecule has 0 amide bonds. The third-order valence-electron chi connectivity index (χ3n) is 5.32. The van der Waals surface area contributed by atoms with Gasteiger partial charge in [0.1, 0.15) is 5.82 Å². The molecule has 1 heterocycles. The summed E-state index contributed by atoms with van der Waals surface area (Å²) in [7, 11) is 0. The first-order chi connectivity index (χ1) is 14.7. The number of aryl methyl sites for hydroxylation is 1. The van der Waals surface area contributed by atoms with Crippen LogP contribution in [-0.2, 0) is 4.79 Å². The van der Waals surface area contributed by atoms with Crippen molar-refractivity contribution in [3.8, 4) is 11.1 Å². The van der Waals surface area contributed by atoms with Gasteiger partial charge >= 0.3 is 29.6 Å². The quantitative estimate of drug-likeness (QED) is 0.496. The number of aromatic nitrogens is 1. The molecule has 0 saturated heterocycles. The van der Waals surface area contributed by atoms with Gasteiger partial charge in [0.2, 0.25) is 0 Å². The number of halogens is 1. The molecule has 5 nitrogen and oxygen atoms in total. The zero-order valence-electron chi connectivity index (χ0n) is 18.9. The van der Waals surface area contributed by atoms with Crippen molar-refractivity contribution in [1.82, 2.24) is 4.57 Å². The average molecular weight is 447 g/mol. The van der Waals surface area contributed by atoms with Crippen LogP contribution in [0.4, 0.5) is 4.39 Å². The number of hydrogen-bond donors (Lipinski definition) is 2. The summed E-state index contributed by atoms with van der Waals surface area (Å²) < 4.78 is 15.7. The van der Waals surface area contributed by atoms with Crippen molar-refractivity contribution in [2.45, 2.75) is 51.9 Å². The van der Waals surface area contributed by atoms with Crippen molar-refractivity contribution in [3.63, 3.8) is 0 Å². The Morgan fingerprint density at radius 3 is 2.41 bits per heavy atom. The van der Waals surface area contributed by atoms with E-state index in [0.717, 1.165) is 33.3 Å². The van der Waals surface area contributed by atoms with Crippen LogP contribution >= 0.6 is 0 Å². The molecule has 0 saturated carbocycles. The minimum absolute atomic E-state index is 0. The summed E-state index contributed by atoms with van der Waals surface area (Å²) in [5.41, 5.74) is 4.74. The molecule has 0 aliphatic carbocycles. The normalized spacial score (nSPS) is 13.5. The van der Waals surface area contributed by atoms with E-state index >= 15 is 0 Å². The number of aliphatic carboxylic acids is 1. The number of rotatable bonds is 8. The third-order valence-corrected chi connectivity index (χ3v) is 5.32. The summed E-state index contributed by atoms with van der Waals surface area (Å²) in [6.45, 7) is 6.15. The molecule has 0 radical (unpaired) electrons. The Morgan fingerprint density at radius 2 is 1.81 bits per heavy atom. The first kappa shape index (κ1) is 26.3. The van der Waals surface area contributed by atoms with Crippen molar-refractivity contribution in [3.05, 3.63) is 65.6 Å². The number of aliphatic hydroxyl groups excluding tert-OH is 2. The number of benzene rings is 2. The van der Waals surface area contributed by atoms with Gasteiger partial charge in [0.25, 0.3) is 0 Å². The predicted molar refractivity (Wildman–Crippen MR) is 118 cm³/mol. The van der Waals surface area contributed by atoms with Crippen molar-refractivity contribution in [1.29, 1.82) is 0 Å². The largest absolute Gasteiger partial charge is 1.00 e. The van der Waals surface area contributed by atoms with E-state index in [9.17, 15) is 24.5 Å². The van der Waals surface area contributed by atoms with Crippen LogP contribution in [0.3, 0.4) is 0 Å². The number of carbonyl (C=O) groups is 1. The number of carbonyl (C=O) groups excluding carboxylic acids is 1. The number of carboxylic acids is 1. The van der Waals surface area contributed by atoms with Gasteiger partial charge in [-0.25, -0.2) is 4.39 Å². The fourth-order valence-corrected chi connectivity index (χ4v) is 4.02. The molecule has 164 valence electrons. The van der Waals surface area contributed by atoms with E-state index in [1.807, 2.05) is 25.1 Å². The molecular formula is C25H27FNNaO4. The molecule has 2 N–H and O–H groups in total. The van der Waals surface area contributed by atoms with E-state index in [0.29, 0.717) is 0 Å². The van der Waals surface area contributed by atoms with E-state index in [-0.39, 0.29) is 47.8 Å². The first-order valence-electron chi connectivity index (χ1n) is 10.3. The minimum atomic E-state index is -1.36. The molecule has 0 spiro atoms. The number of fused-ring (bicyclic) bond motifs is 1. The third kappa shape index (κ3) is 5.88. The smallest absolute Gasteiger partial charge is 0.550 e. The average Bonchev–Trinajstić information content (AvgIpc) is 3.02. The van der Waals surface area contributed by atoms with Gasteiger partial charge in [-0.2, -0.15) is 0 Å². The molecule has 7 heteroatoms. The molecular weight excluding hydrogens is 420 g/mol. The molecule has 0 bridgehead atoms. The van der Waals surface area contributed by atoms with E-state index in [2.05, 4.69) is 18.4 Å². The summed E-state index contributed by atoms with van der Waals surface area (Å²) in [5, 5.41) is 31.8. The zero-order chi connectivity index (χ0) is 22.7. The second-order valence-electron chi connectivity index (χ2n) is 8.09. The monoisotopic (exact) mass is 447 g/mol. The minimum Gasteiger partial charge on any atom is -0.550 e. The van der Waals surface area contributed by atoms with Gasteiger partial charge in [-0.1, -0.05) is 30.3 Å². The zero-order valence-corrected chi connectivity index (χ0v) is 20.9. The van der Waals surface area contributed by atoms with Gasteiger partial charge in [-0.05, 0) is 56.2 Å². The summed E-state index contributed by atoms with van der Waals surface area (Å²) in [5.74, 6) is -1.68. The summed E-state index contributed by atoms with van der Waals surface area (Å²) >= 11 is 0. The molecule has 3 rings (SSSR count). The van der Waals surface area contributed by atoms with Crippen molar-refractivity contribution in [2.75, 3.05) is 0 Å². The Labute approximate surface area is 209 Å². The van der Waals surface area contributed by atoms with Gasteiger partial charge in [0.15, 0.2) is 0 Å². The Bertz CT molecular complexity index is 1110. The standard InChI is InChI=1S/C25H28FNO4.Na/c1-15(2)27-21-6-4-5-16(3)24(21)25(17-7-9-18(26)10-8-17)22(27)12-11-19(28)13-20(29)14-23(30)31;/h4-12,15,19-20,28-29H,13-14H2,1-3H3,(H,30,31);/q;+1/p-1/b12-11+;/t19-,20-;/m0./s1. The molecule has 2 atom stereocenters. The second-order valence-corrected chi connectivity index (χ2v) is 8.09. The molecule has 1 aromatic heterocycles. The van der Waals surface area contributed by atoms with Crippen molar-refractivity contribution in [2.24, 2.45) is 0 Å². The number of carboxylic acid groups (broad SMARTS) is 1. The van der Waals surface area contributed by atoms with Crippen LogP contribution in [0.5, 0.6) is 0 Å². The van der Waals surface area contributed by atoms with Gasteiger partial charge < -0.3 is 24.7 Å². The Morgan fingerprint density at radius 1 is 1.16 bits per heavy atom. The Kier molecular flexibility index (Phi) is 9.25. The molecule has 0 unspecified atom stereocenters. The maximum atomic E-state index is 13.6. The molecule has 0 fully saturated rings. The van der Waals surface area contributed by atoms with E-state index in [1.54, 1.807) is 24.3 Å². The maximum absolute atomic E-state index is 13.6. The Balaban J connectivity index is 0.00000363. The number of hydrogen-bond acceptors (Lipinski definition) is 4. The maximum Gasteiger partial charge on any atom is 1.00 e. The van der Waals surface area contributed by atoms with Crippen LogP contribution < -0.4 is 34.7 Å². The van der Waals surface area contributed by atoms with Crippen LogP contribution in [0.15, 0.2) is 48.5 Å². The predicted octanol–water partition coefficient (Wildman–Crippen LogP) is 0.606. The molecule has 0 aliphatic rings. The fraction of sp³-hybridized carbons (Fsp3) is 0.320. The fourth-order valence-electron chi connectivity index (χ4n) is 4.02. The first-order valence-corrected chi connectivity index (χ1v) is 10.3. The van der Waals surface area contributed by atoms with E-state index in [4.69, 9.17) is 0 Å². The summed E-state index contributed by atoms with van der Waals surface area (Å²) in [6, 6.07) is 12.5. The van der Waals surface area contributed by atoms with Crippen LogP contribution in [0, 0.1) is 12.7 Å². The number of aliphatic hydroxyl groups is 2. The molecule has 32 heavy (non-hydrogen) atoms. The van der Waals surface area contributed by atoms with E-state index < -0.39 is 24.6 Å². The summed E-state index contributed by atoms with van der Waals surface area (Å²) in [4.78, 5) is 10.6. The SMILES string of the molecule is Cc1cccc2c1c(-c1ccc(F)cc1)c(/C=C/[C@H](O)C[C@H](O)CC(=O)[O-])n2C(C)C.[Na+]. The number of nitrogens with zero attached hydrogens (tertiary/aromatic N) is 1. The van der Waals surface area contributed by atoms with Gasteiger partial charge in [0, 0.05) is 47.0 Å². The van der Waals surface area contributed by atoms with Crippen LogP contribution in [-0.4, -0.2) is 33.0 Å². The van der Waals surface area contributed by atoms with Gasteiger partial charge in [-0.3, -0.25) is 0 Å².